The number of ether oxygens (including phenoxy) is 2. The molecule has 0 aliphatic carbocycles. The van der Waals surface area contributed by atoms with E-state index in [0.29, 0.717) is 0 Å². The van der Waals surface area contributed by atoms with Gasteiger partial charge in [0.2, 0.25) is 0 Å². The molecule has 0 rings (SSSR count). The van der Waals surface area contributed by atoms with Crippen molar-refractivity contribution in [2.75, 3.05) is 0 Å². The molecule has 0 aromatic heterocycles. The first kappa shape index (κ1) is 18.1. The predicted octanol–water partition coefficient (Wildman–Crippen LogP) is 1.76. The van der Waals surface area contributed by atoms with Crippen molar-refractivity contribution < 1.29 is 24.2 Å². The maximum absolute atomic E-state index is 10.1. The molecule has 3 N–H and O–H groups in total. The standard InChI is InChI=1S/C6H12O3.C5H11NO2/c1-4(2)9-5(3)6(7)8;1-5(2,3)8-4(6)7/h4-5H,1-3H3,(H,7,8);1-3H3,(H2,6,7). The molecular formula is C11H23NO5. The van der Waals surface area contributed by atoms with Crippen LogP contribution in [0.5, 0.6) is 0 Å². The van der Waals surface area contributed by atoms with Gasteiger partial charge in [0.25, 0.3) is 0 Å². The third kappa shape index (κ3) is 17.3. The molecule has 6 heteroatoms. The first-order valence-corrected chi connectivity index (χ1v) is 5.32. The number of aliphatic carboxylic acids is 1. The number of carbonyl (C=O) groups is 2. The molecule has 1 unspecified atom stereocenters. The van der Waals surface area contributed by atoms with Crippen LogP contribution >= 0.6 is 0 Å². The number of primary amides is 1. The maximum atomic E-state index is 10.1. The van der Waals surface area contributed by atoms with Crippen molar-refractivity contribution in [3.8, 4) is 0 Å². The Morgan fingerprint density at radius 3 is 1.65 bits per heavy atom. The fourth-order valence-electron chi connectivity index (χ4n) is 0.768. The average molecular weight is 249 g/mol. The summed E-state index contributed by atoms with van der Waals surface area (Å²) in [6, 6.07) is 0. The Bertz CT molecular complexity index is 245. The second-order valence-corrected chi connectivity index (χ2v) is 4.70. The third-order valence-corrected chi connectivity index (χ3v) is 1.23. The van der Waals surface area contributed by atoms with Crippen molar-refractivity contribution >= 4 is 12.1 Å². The Hall–Kier alpha value is -1.30. The van der Waals surface area contributed by atoms with Crippen LogP contribution in [-0.4, -0.2) is 35.0 Å². The Morgan fingerprint density at radius 1 is 1.18 bits per heavy atom. The van der Waals surface area contributed by atoms with E-state index in [9.17, 15) is 9.59 Å². The molecule has 17 heavy (non-hydrogen) atoms. The van der Waals surface area contributed by atoms with E-state index in [2.05, 4.69) is 4.74 Å². The van der Waals surface area contributed by atoms with Crippen LogP contribution in [0.2, 0.25) is 0 Å². The Balaban J connectivity index is 0. The molecule has 0 aliphatic heterocycles. The third-order valence-electron chi connectivity index (χ3n) is 1.23. The van der Waals surface area contributed by atoms with Crippen LogP contribution in [0.1, 0.15) is 41.5 Å². The lowest BCUT2D eigenvalue weighted by Gasteiger charge is -2.16. The van der Waals surface area contributed by atoms with Crippen LogP contribution in [0.3, 0.4) is 0 Å². The summed E-state index contributed by atoms with van der Waals surface area (Å²) in [5, 5.41) is 8.31. The molecule has 0 heterocycles. The highest BCUT2D eigenvalue weighted by Crippen LogP contribution is 2.04. The van der Waals surface area contributed by atoms with E-state index in [1.54, 1.807) is 34.6 Å². The number of hydrogen-bond donors (Lipinski definition) is 2. The van der Waals surface area contributed by atoms with Crippen molar-refractivity contribution in [1.29, 1.82) is 0 Å². The molecule has 0 bridgehead atoms. The van der Waals surface area contributed by atoms with Gasteiger partial charge in [0, 0.05) is 0 Å². The predicted molar refractivity (Wildman–Crippen MR) is 63.7 cm³/mol. The lowest BCUT2D eigenvalue weighted by Crippen LogP contribution is -2.27. The number of rotatable bonds is 3. The SMILES string of the molecule is CC(C)(C)OC(N)=O.CC(C)OC(C)C(=O)O. The minimum absolute atomic E-state index is 0.0175. The van der Waals surface area contributed by atoms with Gasteiger partial charge < -0.3 is 20.3 Å². The van der Waals surface area contributed by atoms with Gasteiger partial charge in [-0.05, 0) is 41.5 Å². The quantitative estimate of drug-likeness (QED) is 0.794. The van der Waals surface area contributed by atoms with Gasteiger partial charge in [-0.2, -0.15) is 0 Å². The minimum atomic E-state index is -0.913. The highest BCUT2D eigenvalue weighted by molar-refractivity contribution is 5.71. The van der Waals surface area contributed by atoms with E-state index in [1.807, 2.05) is 0 Å². The molecule has 1 atom stereocenters. The van der Waals surface area contributed by atoms with Crippen molar-refractivity contribution in [3.63, 3.8) is 0 Å². The molecule has 0 aromatic carbocycles. The van der Waals surface area contributed by atoms with Crippen LogP contribution in [-0.2, 0) is 14.3 Å². The molecule has 102 valence electrons. The first-order valence-electron chi connectivity index (χ1n) is 5.32. The highest BCUT2D eigenvalue weighted by atomic mass is 16.6. The highest BCUT2D eigenvalue weighted by Gasteiger charge is 2.12. The summed E-state index contributed by atoms with van der Waals surface area (Å²) in [6.45, 7) is 10.4. The molecule has 0 radical (unpaired) electrons. The van der Waals surface area contributed by atoms with Gasteiger partial charge in [0.15, 0.2) is 6.10 Å². The number of hydrogen-bond acceptors (Lipinski definition) is 4. The zero-order valence-electron chi connectivity index (χ0n) is 11.3. The number of nitrogens with two attached hydrogens (primary N) is 1. The van der Waals surface area contributed by atoms with E-state index >= 15 is 0 Å². The van der Waals surface area contributed by atoms with Crippen molar-refractivity contribution in [2.24, 2.45) is 5.73 Å². The van der Waals surface area contributed by atoms with Gasteiger partial charge in [-0.1, -0.05) is 0 Å². The lowest BCUT2D eigenvalue weighted by molar-refractivity contribution is -0.151. The summed E-state index contributed by atoms with van der Waals surface area (Å²) in [7, 11) is 0. The van der Waals surface area contributed by atoms with Crippen LogP contribution in [0, 0.1) is 0 Å². The second-order valence-electron chi connectivity index (χ2n) is 4.70. The van der Waals surface area contributed by atoms with E-state index in [-0.39, 0.29) is 6.10 Å². The molecule has 0 saturated carbocycles. The second kappa shape index (κ2) is 7.89. The normalized spacial score (nSPS) is 12.4. The van der Waals surface area contributed by atoms with Crippen LogP contribution in [0.25, 0.3) is 0 Å². The zero-order valence-corrected chi connectivity index (χ0v) is 11.3. The fraction of sp³-hybridized carbons (Fsp3) is 0.818. The van der Waals surface area contributed by atoms with Gasteiger partial charge in [-0.3, -0.25) is 0 Å². The molecule has 6 nitrogen and oxygen atoms in total. The summed E-state index contributed by atoms with van der Waals surface area (Å²) < 4.78 is 9.49. The van der Waals surface area contributed by atoms with E-state index in [4.69, 9.17) is 15.6 Å². The Labute approximate surface area is 102 Å². The molecule has 1 amide bonds. The zero-order chi connectivity index (χ0) is 14.2. The van der Waals surface area contributed by atoms with E-state index in [0.717, 1.165) is 0 Å². The van der Waals surface area contributed by atoms with Gasteiger partial charge in [-0.15, -0.1) is 0 Å². The Morgan fingerprint density at radius 2 is 1.59 bits per heavy atom. The molecule has 0 fully saturated rings. The van der Waals surface area contributed by atoms with Crippen molar-refractivity contribution in [2.45, 2.75) is 59.4 Å². The van der Waals surface area contributed by atoms with E-state index < -0.39 is 23.8 Å². The van der Waals surface area contributed by atoms with Crippen LogP contribution < -0.4 is 5.73 Å². The lowest BCUT2D eigenvalue weighted by atomic mass is 10.2. The maximum Gasteiger partial charge on any atom is 0.405 e. The number of carbonyl (C=O) groups excluding carboxylic acids is 1. The number of carboxylic acids is 1. The fourth-order valence-corrected chi connectivity index (χ4v) is 0.768. The van der Waals surface area contributed by atoms with Crippen LogP contribution in [0.4, 0.5) is 4.79 Å². The van der Waals surface area contributed by atoms with Crippen molar-refractivity contribution in [3.05, 3.63) is 0 Å². The molecule has 0 saturated heterocycles. The average Bonchev–Trinajstić information content (AvgIpc) is 1.98. The summed E-state index contributed by atoms with van der Waals surface area (Å²) in [5.41, 5.74) is 4.26. The van der Waals surface area contributed by atoms with Gasteiger partial charge >= 0.3 is 12.1 Å². The minimum Gasteiger partial charge on any atom is -0.479 e. The molecule has 0 aromatic rings. The van der Waals surface area contributed by atoms with Gasteiger partial charge in [-0.25, -0.2) is 9.59 Å². The summed E-state index contributed by atoms with van der Waals surface area (Å²) in [6.07, 6.45) is -1.43. The topological polar surface area (TPSA) is 98.9 Å². The van der Waals surface area contributed by atoms with Gasteiger partial charge in [0.1, 0.15) is 5.60 Å². The number of carboxylic acid groups (broad SMARTS) is 1. The van der Waals surface area contributed by atoms with Crippen LogP contribution in [0.15, 0.2) is 0 Å². The van der Waals surface area contributed by atoms with E-state index in [1.165, 1.54) is 6.92 Å². The van der Waals surface area contributed by atoms with Gasteiger partial charge in [0.05, 0.1) is 6.10 Å². The first-order chi connectivity index (χ1) is 7.45. The summed E-state index contributed by atoms with van der Waals surface area (Å²) in [5.74, 6) is -0.913. The van der Waals surface area contributed by atoms with Crippen molar-refractivity contribution in [1.82, 2.24) is 0 Å². The summed E-state index contributed by atoms with van der Waals surface area (Å²) >= 11 is 0. The molecular weight excluding hydrogens is 226 g/mol. The monoisotopic (exact) mass is 249 g/mol. The molecule has 0 spiro atoms. The Kier molecular flexibility index (Phi) is 8.39. The summed E-state index contributed by atoms with van der Waals surface area (Å²) in [4.78, 5) is 20.1. The largest absolute Gasteiger partial charge is 0.479 e. The number of amides is 1. The molecule has 0 aliphatic rings. The smallest absolute Gasteiger partial charge is 0.405 e.